The van der Waals surface area contributed by atoms with Gasteiger partial charge in [0.1, 0.15) is 0 Å². The van der Waals surface area contributed by atoms with E-state index in [2.05, 4.69) is 114 Å². The highest BCUT2D eigenvalue weighted by atomic mass is 32.2. The number of amides is 8. The van der Waals surface area contributed by atoms with E-state index in [0.717, 1.165) is 184 Å². The Morgan fingerprint density at radius 3 is 1.51 bits per heavy atom. The van der Waals surface area contributed by atoms with Gasteiger partial charge in [-0.2, -0.15) is 23.5 Å². The minimum absolute atomic E-state index is 0.0472. The number of nitrogens with zero attached hydrogens (tertiary/aromatic N) is 2. The van der Waals surface area contributed by atoms with Crippen LogP contribution in [0.2, 0.25) is 0 Å². The maximum Gasteiger partial charge on any atom is 0.315 e. The highest BCUT2D eigenvalue weighted by molar-refractivity contribution is 8.00. The number of allylic oxidation sites excluding steroid dienone is 5. The fourth-order valence-corrected chi connectivity index (χ4v) is 29.7. The van der Waals surface area contributed by atoms with Crippen molar-refractivity contribution in [3.8, 4) is 0 Å². The van der Waals surface area contributed by atoms with E-state index in [4.69, 9.17) is 9.47 Å². The molecule has 8 amide bonds. The summed E-state index contributed by atoms with van der Waals surface area (Å²) in [7, 11) is 0. The summed E-state index contributed by atoms with van der Waals surface area (Å²) in [4.78, 5) is 91.2. The number of hydrogen-bond acceptors (Lipinski definition) is 14. The molecule has 0 aromatic rings. The minimum Gasteiger partial charge on any atom is -0.393 e. The number of carbonyl (C=O) groups is 7. The SMILES string of the molecule is CC1=C2C[C@H]3[C@@H](CC=C4C[C@@H](O)CC[C@@]43C)[C@@H]2CC[C@]12O[C@@H]1C[C@H](C)CN(CCNC(=O)CCCCCNC(=O)CCCCC3SC[C@@H]4NC(=O)N[C@H]34)[C@H]1[C@H]2C.CC1=C2C[C@H]3[C@@H](CCC4=CC(=O)CC[C@@]43C)[C@@H]2CC[C@]12O[C@@H]1C[C@H](C)CN(CCNC(=O)CCCCCNC(=O)CCCCC3SC[C@@H]4NC(=O)N[C@H]34)[C@H]1[C@H]2C. The number of ketones is 1. The van der Waals surface area contributed by atoms with Gasteiger partial charge in [0.25, 0.3) is 0 Å². The number of thioether (sulfide) groups is 2. The van der Waals surface area contributed by atoms with Crippen molar-refractivity contribution in [1.29, 1.82) is 0 Å². The molecular weight excluding hydrogens is 1450 g/mol. The molecule has 2 unspecified atom stereocenters. The number of unbranched alkanes of at least 4 members (excludes halogenated alkanes) is 6. The van der Waals surface area contributed by atoms with Gasteiger partial charge in [0.2, 0.25) is 23.6 Å². The average Bonchev–Trinajstić information content (AvgIpc) is 1.55. The lowest BCUT2D eigenvalue weighted by Crippen LogP contribution is -2.54. The quantitative estimate of drug-likeness (QED) is 0.0201. The second kappa shape index (κ2) is 35.2. The molecule has 0 aromatic carbocycles. The number of ether oxygens (including phenoxy) is 2. The predicted octanol–water partition coefficient (Wildman–Crippen LogP) is 12.7. The second-order valence-electron chi connectivity index (χ2n) is 39.0. The van der Waals surface area contributed by atoms with Crippen LogP contribution in [-0.4, -0.2) is 197 Å². The first-order valence-corrected chi connectivity index (χ1v) is 47.3. The molecule has 8 heterocycles. The summed E-state index contributed by atoms with van der Waals surface area (Å²) in [5, 5.41) is 36.0. The first kappa shape index (κ1) is 82.6. The molecule has 8 saturated heterocycles. The largest absolute Gasteiger partial charge is 0.393 e. The normalized spacial score (nSPS) is 40.6. The van der Waals surface area contributed by atoms with Crippen molar-refractivity contribution in [3.05, 3.63) is 45.6 Å². The van der Waals surface area contributed by atoms with Crippen LogP contribution in [0.5, 0.6) is 0 Å². The molecule has 8 aliphatic heterocycles. The highest BCUT2D eigenvalue weighted by Gasteiger charge is 2.64. The Labute approximate surface area is 678 Å². The fourth-order valence-electron chi connectivity index (χ4n) is 26.6. The zero-order chi connectivity index (χ0) is 78.4. The van der Waals surface area contributed by atoms with E-state index in [9.17, 15) is 38.7 Å². The van der Waals surface area contributed by atoms with Crippen LogP contribution in [-0.2, 0) is 33.4 Å². The molecule has 22 heteroatoms. The molecule has 0 aromatic heterocycles. The van der Waals surface area contributed by atoms with Crippen molar-refractivity contribution < 1.29 is 48.1 Å². The molecule has 25 atom stereocenters. The van der Waals surface area contributed by atoms with E-state index in [1.165, 1.54) is 49.7 Å². The van der Waals surface area contributed by atoms with Gasteiger partial charge >= 0.3 is 12.1 Å². The van der Waals surface area contributed by atoms with E-state index in [1.807, 2.05) is 29.6 Å². The summed E-state index contributed by atoms with van der Waals surface area (Å²) in [6, 6.07) is 1.62. The number of nitrogens with one attached hydrogen (secondary N) is 8. The molecule has 16 rings (SSSR count). The van der Waals surface area contributed by atoms with Crippen LogP contribution in [0.25, 0.3) is 0 Å². The lowest BCUT2D eigenvalue weighted by Gasteiger charge is -2.49. The zero-order valence-corrected chi connectivity index (χ0v) is 70.9. The fraction of sp³-hybridized carbons (Fsp3) is 0.833. The van der Waals surface area contributed by atoms with Gasteiger partial charge in [-0.05, 0) is 237 Å². The number of urea groups is 2. The van der Waals surface area contributed by atoms with E-state index in [0.29, 0.717) is 134 Å². The van der Waals surface area contributed by atoms with Gasteiger partial charge in [0.05, 0.1) is 53.7 Å². The lowest BCUT2D eigenvalue weighted by atomic mass is 9.56. The van der Waals surface area contributed by atoms with Crippen LogP contribution in [0.4, 0.5) is 9.59 Å². The lowest BCUT2D eigenvalue weighted by molar-refractivity contribution is -0.122. The topological polar surface area (TPSA) is 261 Å². The number of aliphatic hydroxyl groups is 1. The summed E-state index contributed by atoms with van der Waals surface area (Å²) >= 11 is 3.85. The van der Waals surface area contributed by atoms with E-state index < -0.39 is 0 Å². The Morgan fingerprint density at radius 2 is 1.00 bits per heavy atom. The number of piperidine rings is 2. The molecule has 622 valence electrons. The molecule has 4 saturated carbocycles. The summed E-state index contributed by atoms with van der Waals surface area (Å²) in [5.74, 6) is 8.88. The molecule has 8 aliphatic carbocycles. The third kappa shape index (κ3) is 16.9. The molecule has 2 spiro atoms. The Kier molecular flexibility index (Phi) is 26.0. The van der Waals surface area contributed by atoms with Crippen molar-refractivity contribution in [3.63, 3.8) is 0 Å². The van der Waals surface area contributed by atoms with Gasteiger partial charge in [0, 0.05) is 130 Å². The Morgan fingerprint density at radius 1 is 0.536 bits per heavy atom. The zero-order valence-electron chi connectivity index (χ0n) is 69.3. The highest BCUT2D eigenvalue weighted by Crippen LogP contribution is 2.68. The number of hydrogen-bond donors (Lipinski definition) is 9. The van der Waals surface area contributed by atoms with Crippen LogP contribution >= 0.6 is 23.5 Å². The Hall–Kier alpha value is -4.45. The minimum atomic E-state index is -0.186. The number of aliphatic hydroxyl groups excluding tert-OH is 1. The van der Waals surface area contributed by atoms with Crippen LogP contribution in [0.15, 0.2) is 45.6 Å². The molecule has 12 fully saturated rings. The third-order valence-corrected chi connectivity index (χ3v) is 35.5. The summed E-state index contributed by atoms with van der Waals surface area (Å²) in [6.07, 6.45) is 35.6. The first-order valence-electron chi connectivity index (χ1n) is 45.2. The molecule has 0 bridgehead atoms. The maximum atomic E-state index is 12.9. The molecule has 112 heavy (non-hydrogen) atoms. The van der Waals surface area contributed by atoms with Gasteiger partial charge in [-0.1, -0.05) is 95.6 Å². The smallest absolute Gasteiger partial charge is 0.315 e. The van der Waals surface area contributed by atoms with Gasteiger partial charge in [0.15, 0.2) is 5.78 Å². The van der Waals surface area contributed by atoms with Crippen molar-refractivity contribution >= 4 is 65.0 Å². The first-order chi connectivity index (χ1) is 53.9. The molecule has 16 aliphatic rings. The van der Waals surface area contributed by atoms with Gasteiger partial charge in [-0.25, -0.2) is 9.59 Å². The van der Waals surface area contributed by atoms with Crippen LogP contribution < -0.4 is 42.5 Å². The number of carbonyl (C=O) groups excluding carboxylic acids is 7. The third-order valence-electron chi connectivity index (χ3n) is 32.5. The van der Waals surface area contributed by atoms with Gasteiger partial charge < -0.3 is 57.1 Å². The van der Waals surface area contributed by atoms with Crippen molar-refractivity contribution in [2.24, 2.45) is 70.0 Å². The molecule has 20 nitrogen and oxygen atoms in total. The predicted molar refractivity (Wildman–Crippen MR) is 443 cm³/mol. The van der Waals surface area contributed by atoms with E-state index in [1.54, 1.807) is 22.3 Å². The van der Waals surface area contributed by atoms with Gasteiger partial charge in [-0.3, -0.25) is 33.8 Å². The monoisotopic (exact) mass is 1590 g/mol. The van der Waals surface area contributed by atoms with Crippen LogP contribution in [0, 0.1) is 70.0 Å². The molecule has 0 radical (unpaired) electrons. The van der Waals surface area contributed by atoms with E-state index >= 15 is 0 Å². The molecular formula is C90H140N10O10S2. The average molecular weight is 1590 g/mol. The Balaban J connectivity index is 0.000000177. The number of rotatable bonds is 28. The summed E-state index contributed by atoms with van der Waals surface area (Å²) < 4.78 is 14.7. The summed E-state index contributed by atoms with van der Waals surface area (Å²) in [6.45, 7) is 26.0. The maximum absolute atomic E-state index is 12.9. The van der Waals surface area contributed by atoms with E-state index in [-0.39, 0.29) is 100 Å². The number of fused-ring (bicyclic) bond motifs is 14. The second-order valence-corrected chi connectivity index (χ2v) is 41.5. The molecule has 9 N–H and O–H groups in total. The van der Waals surface area contributed by atoms with Crippen LogP contribution in [0.3, 0.4) is 0 Å². The van der Waals surface area contributed by atoms with Crippen molar-refractivity contribution in [2.75, 3.05) is 63.9 Å². The standard InChI is InChI=1S/C45H71N5O5S.C45H69N5O5S/c2*1-27-22-37-42(29(3)45(55-37)18-16-32-33-14-13-30-23-31(51)15-17-44(30,4)35(33)24-34(32)28(45)2)50(25-27)21-20-47-40(53)11-6-5-9-19-46-39(52)12-8-7-10-38-41-36(26-56-38)48-43(54)49-41/h13,27,29,31-33,35-38,41-42,51H,5-12,14-26H2,1-4H3,(H,46,52)(H,47,53)(H2,48,49,54);23,27,29,32-33,35-38,41-42H,5-22,24-26H2,1-4H3,(H,46,52)(H,47,53)(H2,48,49,54)/t27-,29+,31-,32-,33-,35-,36-,37+,38?,41-,42-,44-,45-;27-,29+,32-,33-,35-,36-,37+,38?,41-,42-,44-,45-/m00/s1. The van der Waals surface area contributed by atoms with Crippen molar-refractivity contribution in [1.82, 2.24) is 52.3 Å². The summed E-state index contributed by atoms with van der Waals surface area (Å²) in [5.41, 5.74) is 9.54. The van der Waals surface area contributed by atoms with Gasteiger partial charge in [-0.15, -0.1) is 0 Å². The number of likely N-dealkylation sites (tertiary alicyclic amines) is 2. The Bertz CT molecular complexity index is 3610. The van der Waals surface area contributed by atoms with Crippen molar-refractivity contribution in [2.45, 2.75) is 337 Å². The van der Waals surface area contributed by atoms with Crippen LogP contribution in [0.1, 0.15) is 261 Å².